The SMILES string of the molecule is N[C@H](Cc1ccc(O)cc1)C(=O)N1CC(O)C1. The van der Waals surface area contributed by atoms with Gasteiger partial charge in [0.2, 0.25) is 5.91 Å². The molecule has 4 N–H and O–H groups in total. The number of aliphatic hydroxyl groups excluding tert-OH is 1. The van der Waals surface area contributed by atoms with Crippen molar-refractivity contribution in [2.75, 3.05) is 13.1 Å². The maximum atomic E-state index is 11.8. The standard InChI is InChI=1S/C12H16N2O3/c13-11(12(17)14-6-10(16)7-14)5-8-1-3-9(15)4-2-8/h1-4,10-11,15-16H,5-7,13H2/t11-/m1/s1. The van der Waals surface area contributed by atoms with E-state index in [1.54, 1.807) is 29.2 Å². The van der Waals surface area contributed by atoms with Crippen LogP contribution in [0.4, 0.5) is 0 Å². The summed E-state index contributed by atoms with van der Waals surface area (Å²) >= 11 is 0. The number of hydrogen-bond acceptors (Lipinski definition) is 4. The van der Waals surface area contributed by atoms with Gasteiger partial charge in [-0.15, -0.1) is 0 Å². The van der Waals surface area contributed by atoms with E-state index >= 15 is 0 Å². The zero-order chi connectivity index (χ0) is 12.4. The van der Waals surface area contributed by atoms with E-state index in [1.165, 1.54) is 0 Å². The fourth-order valence-corrected chi connectivity index (χ4v) is 1.84. The number of rotatable bonds is 3. The predicted molar refractivity (Wildman–Crippen MR) is 62.4 cm³/mol. The number of carbonyl (C=O) groups excluding carboxylic acids is 1. The first kappa shape index (κ1) is 11.9. The van der Waals surface area contributed by atoms with Crippen molar-refractivity contribution in [2.45, 2.75) is 18.6 Å². The molecule has 0 spiro atoms. The van der Waals surface area contributed by atoms with Crippen molar-refractivity contribution in [3.8, 4) is 5.75 Å². The van der Waals surface area contributed by atoms with Gasteiger partial charge in [0.15, 0.2) is 0 Å². The van der Waals surface area contributed by atoms with E-state index in [2.05, 4.69) is 0 Å². The molecule has 0 radical (unpaired) electrons. The average molecular weight is 236 g/mol. The van der Waals surface area contributed by atoms with E-state index < -0.39 is 12.1 Å². The number of likely N-dealkylation sites (tertiary alicyclic amines) is 1. The highest BCUT2D eigenvalue weighted by Gasteiger charge is 2.31. The molecule has 1 saturated heterocycles. The lowest BCUT2D eigenvalue weighted by Crippen LogP contribution is -2.58. The van der Waals surface area contributed by atoms with Gasteiger partial charge in [0, 0.05) is 13.1 Å². The Labute approximate surface area is 99.5 Å². The Bertz CT molecular complexity index is 399. The molecule has 2 rings (SSSR count). The third-order valence-corrected chi connectivity index (χ3v) is 2.88. The van der Waals surface area contributed by atoms with Crippen LogP contribution in [0.1, 0.15) is 5.56 Å². The number of nitrogens with two attached hydrogens (primary N) is 1. The number of β-amino-alcohol motifs (C(OH)–C–C–N with tert-alkyl or cyclic N) is 1. The molecular formula is C12H16N2O3. The molecule has 17 heavy (non-hydrogen) atoms. The summed E-state index contributed by atoms with van der Waals surface area (Å²) in [6.45, 7) is 0.754. The molecule has 0 saturated carbocycles. The van der Waals surface area contributed by atoms with Crippen molar-refractivity contribution in [2.24, 2.45) is 5.73 Å². The third kappa shape index (κ3) is 2.75. The summed E-state index contributed by atoms with van der Waals surface area (Å²) in [6, 6.07) is 6.03. The maximum Gasteiger partial charge on any atom is 0.240 e. The Morgan fingerprint density at radius 3 is 2.53 bits per heavy atom. The summed E-state index contributed by atoms with van der Waals surface area (Å²) in [5, 5.41) is 18.2. The van der Waals surface area contributed by atoms with E-state index in [0.717, 1.165) is 5.56 Å². The molecule has 0 aliphatic carbocycles. The molecule has 1 aliphatic rings. The fraction of sp³-hybridized carbons (Fsp3) is 0.417. The number of aliphatic hydroxyl groups is 1. The Morgan fingerprint density at radius 1 is 1.41 bits per heavy atom. The van der Waals surface area contributed by atoms with Crippen molar-refractivity contribution in [3.05, 3.63) is 29.8 Å². The fourth-order valence-electron chi connectivity index (χ4n) is 1.84. The highest BCUT2D eigenvalue weighted by atomic mass is 16.3. The van der Waals surface area contributed by atoms with Crippen molar-refractivity contribution >= 4 is 5.91 Å². The second kappa shape index (κ2) is 4.73. The number of amides is 1. The van der Waals surface area contributed by atoms with Crippen molar-refractivity contribution in [1.82, 2.24) is 4.90 Å². The molecule has 1 atom stereocenters. The molecule has 1 fully saturated rings. The second-order valence-electron chi connectivity index (χ2n) is 4.37. The Hall–Kier alpha value is -1.59. The van der Waals surface area contributed by atoms with Crippen LogP contribution in [-0.4, -0.2) is 46.3 Å². The summed E-state index contributed by atoms with van der Waals surface area (Å²) in [7, 11) is 0. The van der Waals surface area contributed by atoms with E-state index in [4.69, 9.17) is 15.9 Å². The average Bonchev–Trinajstić information content (AvgIpc) is 2.27. The molecule has 1 aliphatic heterocycles. The quantitative estimate of drug-likeness (QED) is 0.658. The van der Waals surface area contributed by atoms with Crippen LogP contribution in [0.3, 0.4) is 0 Å². The monoisotopic (exact) mass is 236 g/mol. The second-order valence-corrected chi connectivity index (χ2v) is 4.37. The van der Waals surface area contributed by atoms with Gasteiger partial charge in [0.25, 0.3) is 0 Å². The predicted octanol–water partition coefficient (Wildman–Crippen LogP) is -0.535. The van der Waals surface area contributed by atoms with Crippen molar-refractivity contribution < 1.29 is 15.0 Å². The number of benzene rings is 1. The minimum atomic E-state index is -0.591. The van der Waals surface area contributed by atoms with Gasteiger partial charge >= 0.3 is 0 Å². The van der Waals surface area contributed by atoms with E-state index in [9.17, 15) is 4.79 Å². The van der Waals surface area contributed by atoms with Gasteiger partial charge in [0.05, 0.1) is 12.1 Å². The zero-order valence-corrected chi connectivity index (χ0v) is 9.41. The van der Waals surface area contributed by atoms with Gasteiger partial charge in [-0.25, -0.2) is 0 Å². The Morgan fingerprint density at radius 2 is 2.00 bits per heavy atom. The largest absolute Gasteiger partial charge is 0.508 e. The third-order valence-electron chi connectivity index (χ3n) is 2.88. The Kier molecular flexibility index (Phi) is 3.31. The number of carbonyl (C=O) groups is 1. The van der Waals surface area contributed by atoms with Gasteiger partial charge in [-0.1, -0.05) is 12.1 Å². The summed E-state index contributed by atoms with van der Waals surface area (Å²) in [5.74, 6) is 0.0582. The van der Waals surface area contributed by atoms with Gasteiger partial charge < -0.3 is 20.8 Å². The van der Waals surface area contributed by atoms with Crippen LogP contribution in [0.5, 0.6) is 5.75 Å². The normalized spacial score (nSPS) is 17.6. The van der Waals surface area contributed by atoms with Crippen LogP contribution in [0.2, 0.25) is 0 Å². The summed E-state index contributed by atoms with van der Waals surface area (Å²) in [5.41, 5.74) is 6.71. The van der Waals surface area contributed by atoms with E-state index in [1.807, 2.05) is 0 Å². The number of hydrogen-bond donors (Lipinski definition) is 3. The lowest BCUT2D eigenvalue weighted by molar-refractivity contribution is -0.142. The Balaban J connectivity index is 1.90. The first-order valence-corrected chi connectivity index (χ1v) is 5.56. The van der Waals surface area contributed by atoms with Crippen LogP contribution < -0.4 is 5.73 Å². The molecule has 0 unspecified atom stereocenters. The molecule has 1 heterocycles. The molecule has 5 heteroatoms. The molecule has 1 aromatic rings. The molecule has 0 bridgehead atoms. The lowest BCUT2D eigenvalue weighted by Gasteiger charge is -2.37. The smallest absolute Gasteiger partial charge is 0.240 e. The van der Waals surface area contributed by atoms with Gasteiger partial charge in [-0.2, -0.15) is 0 Å². The lowest BCUT2D eigenvalue weighted by atomic mass is 10.0. The van der Waals surface area contributed by atoms with Crippen LogP contribution in [0.15, 0.2) is 24.3 Å². The first-order valence-electron chi connectivity index (χ1n) is 5.56. The first-order chi connectivity index (χ1) is 8.06. The number of nitrogens with zero attached hydrogens (tertiary/aromatic N) is 1. The van der Waals surface area contributed by atoms with Crippen LogP contribution in [0.25, 0.3) is 0 Å². The maximum absolute atomic E-state index is 11.8. The van der Waals surface area contributed by atoms with Crippen LogP contribution in [-0.2, 0) is 11.2 Å². The van der Waals surface area contributed by atoms with Gasteiger partial charge in [-0.05, 0) is 24.1 Å². The van der Waals surface area contributed by atoms with Gasteiger partial charge in [0.1, 0.15) is 5.75 Å². The van der Waals surface area contributed by atoms with E-state index in [0.29, 0.717) is 19.5 Å². The molecule has 92 valence electrons. The number of phenols is 1. The molecule has 1 amide bonds. The minimum Gasteiger partial charge on any atom is -0.508 e. The minimum absolute atomic E-state index is 0.136. The number of phenolic OH excluding ortho intramolecular Hbond substituents is 1. The highest BCUT2D eigenvalue weighted by molar-refractivity contribution is 5.82. The van der Waals surface area contributed by atoms with Crippen molar-refractivity contribution in [1.29, 1.82) is 0 Å². The van der Waals surface area contributed by atoms with E-state index in [-0.39, 0.29) is 11.7 Å². The molecule has 1 aromatic carbocycles. The summed E-state index contributed by atoms with van der Waals surface area (Å²) in [6.07, 6.45) is 0.0333. The molecule has 5 nitrogen and oxygen atoms in total. The summed E-state index contributed by atoms with van der Waals surface area (Å²) < 4.78 is 0. The zero-order valence-electron chi connectivity index (χ0n) is 9.41. The molecular weight excluding hydrogens is 220 g/mol. The topological polar surface area (TPSA) is 86.8 Å². The van der Waals surface area contributed by atoms with Gasteiger partial charge in [-0.3, -0.25) is 4.79 Å². The number of aromatic hydroxyl groups is 1. The summed E-state index contributed by atoms with van der Waals surface area (Å²) in [4.78, 5) is 13.3. The van der Waals surface area contributed by atoms with Crippen LogP contribution >= 0.6 is 0 Å². The van der Waals surface area contributed by atoms with Crippen molar-refractivity contribution in [3.63, 3.8) is 0 Å². The van der Waals surface area contributed by atoms with Crippen LogP contribution in [0, 0.1) is 0 Å². The highest BCUT2D eigenvalue weighted by Crippen LogP contribution is 2.13. The molecule has 0 aromatic heterocycles.